The van der Waals surface area contributed by atoms with Crippen LogP contribution in [-0.2, 0) is 30.9 Å². The minimum absolute atomic E-state index is 0.00488. The number of carbonyl (C=O) groups excluding carboxylic acids is 2. The van der Waals surface area contributed by atoms with Crippen molar-refractivity contribution in [2.45, 2.75) is 38.3 Å². The monoisotopic (exact) mass is 496 g/mol. The quantitative estimate of drug-likeness (QED) is 0.442. The van der Waals surface area contributed by atoms with Crippen LogP contribution in [0.5, 0.6) is 0 Å². The molecular weight excluding hydrogens is 476 g/mol. The number of ether oxygens (including phenoxy) is 2. The molecule has 0 saturated carbocycles. The van der Waals surface area contributed by atoms with E-state index in [-0.39, 0.29) is 45.6 Å². The SMILES string of the molecule is CCOC(=O)c1c(C)oc2nc(COC(=O)[C@H](C)NS(=O)(=O)c3ccc(Cl)cc3)nc(N)c12. The Labute approximate surface area is 194 Å². The van der Waals surface area contributed by atoms with Gasteiger partial charge in [0.2, 0.25) is 15.7 Å². The van der Waals surface area contributed by atoms with Crippen molar-refractivity contribution in [1.29, 1.82) is 0 Å². The van der Waals surface area contributed by atoms with E-state index in [4.69, 9.17) is 31.2 Å². The number of halogens is 1. The number of anilines is 1. The second kappa shape index (κ2) is 9.73. The van der Waals surface area contributed by atoms with E-state index in [9.17, 15) is 18.0 Å². The van der Waals surface area contributed by atoms with E-state index in [1.54, 1.807) is 13.8 Å². The van der Waals surface area contributed by atoms with E-state index >= 15 is 0 Å². The second-order valence-corrected chi connectivity index (χ2v) is 9.01. The van der Waals surface area contributed by atoms with Crippen molar-refractivity contribution >= 4 is 50.5 Å². The van der Waals surface area contributed by atoms with Gasteiger partial charge in [0.1, 0.15) is 23.2 Å². The van der Waals surface area contributed by atoms with Gasteiger partial charge in [-0.3, -0.25) is 4.79 Å². The van der Waals surface area contributed by atoms with E-state index in [1.165, 1.54) is 31.2 Å². The summed E-state index contributed by atoms with van der Waals surface area (Å²) in [6.07, 6.45) is 0. The van der Waals surface area contributed by atoms with Gasteiger partial charge in [-0.25, -0.2) is 18.2 Å². The van der Waals surface area contributed by atoms with E-state index in [2.05, 4.69) is 14.7 Å². The first kappa shape index (κ1) is 24.4. The van der Waals surface area contributed by atoms with Crippen LogP contribution in [0.25, 0.3) is 11.1 Å². The number of sulfonamides is 1. The number of nitrogen functional groups attached to an aromatic ring is 1. The van der Waals surface area contributed by atoms with Gasteiger partial charge in [-0.1, -0.05) is 11.6 Å². The molecule has 0 aliphatic carbocycles. The molecule has 0 unspecified atom stereocenters. The molecule has 33 heavy (non-hydrogen) atoms. The summed E-state index contributed by atoms with van der Waals surface area (Å²) < 4.78 is 42.6. The molecule has 0 amide bonds. The maximum Gasteiger partial charge on any atom is 0.342 e. The minimum atomic E-state index is -3.97. The lowest BCUT2D eigenvalue weighted by Crippen LogP contribution is -2.39. The zero-order valence-electron chi connectivity index (χ0n) is 17.9. The highest BCUT2D eigenvalue weighted by atomic mass is 35.5. The summed E-state index contributed by atoms with van der Waals surface area (Å²) in [7, 11) is -3.97. The first-order chi connectivity index (χ1) is 15.5. The molecule has 176 valence electrons. The van der Waals surface area contributed by atoms with Crippen LogP contribution in [0, 0.1) is 6.92 Å². The van der Waals surface area contributed by atoms with Crippen molar-refractivity contribution < 1.29 is 31.9 Å². The van der Waals surface area contributed by atoms with Crippen LogP contribution in [0.1, 0.15) is 35.8 Å². The average molecular weight is 497 g/mol. The van der Waals surface area contributed by atoms with Gasteiger partial charge in [0.25, 0.3) is 0 Å². The van der Waals surface area contributed by atoms with Crippen LogP contribution >= 0.6 is 11.6 Å². The number of furan rings is 1. The first-order valence-electron chi connectivity index (χ1n) is 9.70. The second-order valence-electron chi connectivity index (χ2n) is 6.86. The van der Waals surface area contributed by atoms with Crippen LogP contribution < -0.4 is 10.5 Å². The maximum absolute atomic E-state index is 12.4. The number of fused-ring (bicyclic) bond motifs is 1. The molecule has 3 aromatic rings. The summed E-state index contributed by atoms with van der Waals surface area (Å²) in [4.78, 5) is 32.6. The Balaban J connectivity index is 1.71. The fourth-order valence-corrected chi connectivity index (χ4v) is 4.24. The summed E-state index contributed by atoms with van der Waals surface area (Å²) >= 11 is 5.76. The third-order valence-corrected chi connectivity index (χ3v) is 6.24. The number of rotatable bonds is 8. The number of benzene rings is 1. The van der Waals surface area contributed by atoms with Crippen molar-refractivity contribution in [2.75, 3.05) is 12.3 Å². The smallest absolute Gasteiger partial charge is 0.342 e. The Hall–Kier alpha value is -3.22. The van der Waals surface area contributed by atoms with Gasteiger partial charge in [0, 0.05) is 5.02 Å². The van der Waals surface area contributed by atoms with Gasteiger partial charge >= 0.3 is 11.9 Å². The highest BCUT2D eigenvalue weighted by Crippen LogP contribution is 2.29. The van der Waals surface area contributed by atoms with Gasteiger partial charge in [0.15, 0.2) is 12.4 Å². The van der Waals surface area contributed by atoms with Gasteiger partial charge in [0.05, 0.1) is 16.9 Å². The number of hydrogen-bond acceptors (Lipinski definition) is 10. The first-order valence-corrected chi connectivity index (χ1v) is 11.6. The molecule has 0 spiro atoms. The standard InChI is InChI=1S/C20H21ClN4O7S/c1-4-30-20(27)15-11(3)32-18-16(15)17(22)23-14(24-18)9-31-19(26)10(2)25-33(28,29)13-7-5-12(21)6-8-13/h5-8,10,25H,4,9H2,1-3H3,(H2,22,23,24)/t10-/m0/s1. The number of aromatic nitrogens is 2. The molecule has 13 heteroatoms. The van der Waals surface area contributed by atoms with Gasteiger partial charge in [-0.15, -0.1) is 0 Å². The van der Waals surface area contributed by atoms with Crippen LogP contribution in [-0.4, -0.2) is 43.0 Å². The van der Waals surface area contributed by atoms with E-state index in [0.717, 1.165) is 0 Å². The Morgan fingerprint density at radius 2 is 1.88 bits per heavy atom. The number of carbonyl (C=O) groups is 2. The lowest BCUT2D eigenvalue weighted by molar-refractivity contribution is -0.146. The summed E-state index contributed by atoms with van der Waals surface area (Å²) in [5.41, 5.74) is 6.13. The predicted molar refractivity (Wildman–Crippen MR) is 118 cm³/mol. The highest BCUT2D eigenvalue weighted by molar-refractivity contribution is 7.89. The number of esters is 2. The number of hydrogen-bond donors (Lipinski definition) is 2. The molecule has 0 radical (unpaired) electrons. The van der Waals surface area contributed by atoms with Crippen molar-refractivity contribution in [3.05, 3.63) is 46.4 Å². The molecule has 1 aromatic carbocycles. The summed E-state index contributed by atoms with van der Waals surface area (Å²) in [5, 5.41) is 0.573. The van der Waals surface area contributed by atoms with E-state index < -0.39 is 34.6 Å². The molecular formula is C20H21ClN4O7S. The van der Waals surface area contributed by atoms with Gasteiger partial charge in [-0.2, -0.15) is 9.71 Å². The normalized spacial score (nSPS) is 12.5. The molecule has 0 bridgehead atoms. The summed E-state index contributed by atoms with van der Waals surface area (Å²) in [6.45, 7) is 4.32. The van der Waals surface area contributed by atoms with Crippen molar-refractivity contribution in [1.82, 2.24) is 14.7 Å². The molecule has 1 atom stereocenters. The topological polar surface area (TPSA) is 164 Å². The van der Waals surface area contributed by atoms with Crippen molar-refractivity contribution in [3.63, 3.8) is 0 Å². The number of nitrogens with two attached hydrogens (primary N) is 1. The summed E-state index contributed by atoms with van der Waals surface area (Å²) in [6, 6.07) is 4.25. The Morgan fingerprint density at radius 3 is 2.52 bits per heavy atom. The van der Waals surface area contributed by atoms with Gasteiger partial charge < -0.3 is 19.6 Å². The minimum Gasteiger partial charge on any atom is -0.462 e. The fourth-order valence-electron chi connectivity index (χ4n) is 2.92. The molecule has 2 heterocycles. The average Bonchev–Trinajstić information content (AvgIpc) is 3.08. The zero-order chi connectivity index (χ0) is 24.3. The number of nitrogens with one attached hydrogen (secondary N) is 1. The maximum atomic E-state index is 12.4. The van der Waals surface area contributed by atoms with Crippen LogP contribution in [0.15, 0.2) is 33.6 Å². The fraction of sp³-hybridized carbons (Fsp3) is 0.300. The van der Waals surface area contributed by atoms with E-state index in [1.807, 2.05) is 0 Å². The summed E-state index contributed by atoms with van der Waals surface area (Å²) in [5.74, 6) is -1.28. The number of nitrogens with zero attached hydrogens (tertiary/aromatic N) is 2. The Kier molecular flexibility index (Phi) is 7.20. The Morgan fingerprint density at radius 1 is 1.21 bits per heavy atom. The van der Waals surface area contributed by atoms with Crippen molar-refractivity contribution in [3.8, 4) is 0 Å². The predicted octanol–water partition coefficient (Wildman–Crippen LogP) is 2.35. The Bertz CT molecular complexity index is 1310. The van der Waals surface area contributed by atoms with Crippen LogP contribution in [0.4, 0.5) is 5.82 Å². The third kappa shape index (κ3) is 5.41. The van der Waals surface area contributed by atoms with Crippen LogP contribution in [0.3, 0.4) is 0 Å². The molecule has 0 aliphatic heterocycles. The molecule has 2 aromatic heterocycles. The third-order valence-electron chi connectivity index (χ3n) is 4.43. The zero-order valence-corrected chi connectivity index (χ0v) is 19.5. The van der Waals surface area contributed by atoms with Crippen molar-refractivity contribution in [2.24, 2.45) is 0 Å². The molecule has 3 rings (SSSR count). The molecule has 0 aliphatic rings. The number of aryl methyl sites for hydroxylation is 1. The van der Waals surface area contributed by atoms with E-state index in [0.29, 0.717) is 5.02 Å². The lowest BCUT2D eigenvalue weighted by Gasteiger charge is -2.13. The molecule has 0 fully saturated rings. The molecule has 0 saturated heterocycles. The largest absolute Gasteiger partial charge is 0.462 e. The molecule has 3 N–H and O–H groups in total. The lowest BCUT2D eigenvalue weighted by atomic mass is 10.2. The molecule has 11 nitrogen and oxygen atoms in total. The van der Waals surface area contributed by atoms with Gasteiger partial charge in [-0.05, 0) is 45.0 Å². The highest BCUT2D eigenvalue weighted by Gasteiger charge is 2.26. The van der Waals surface area contributed by atoms with Crippen LogP contribution in [0.2, 0.25) is 5.02 Å².